The largest absolute Gasteiger partial charge is 0.481 e. The Bertz CT molecular complexity index is 684. The Labute approximate surface area is 142 Å². The summed E-state index contributed by atoms with van der Waals surface area (Å²) in [7, 11) is 0. The fraction of sp³-hybridized carbons (Fsp3) is 0.133. The van der Waals surface area contributed by atoms with Gasteiger partial charge in [-0.2, -0.15) is 13.2 Å². The van der Waals surface area contributed by atoms with Gasteiger partial charge in [0.2, 0.25) is 0 Å². The fourth-order valence-corrected chi connectivity index (χ4v) is 3.23. The first-order chi connectivity index (χ1) is 10.3. The second-order valence-corrected chi connectivity index (χ2v) is 6.82. The molecule has 7 heteroatoms. The lowest BCUT2D eigenvalue weighted by Crippen LogP contribution is -2.07. The number of rotatable bonds is 4. The fourth-order valence-electron chi connectivity index (χ4n) is 1.79. The van der Waals surface area contributed by atoms with E-state index in [-0.39, 0.29) is 11.3 Å². The quantitative estimate of drug-likeness (QED) is 0.677. The molecule has 0 aliphatic carbocycles. The van der Waals surface area contributed by atoms with Gasteiger partial charge in [-0.25, -0.2) is 0 Å². The van der Waals surface area contributed by atoms with Gasteiger partial charge in [-0.3, -0.25) is 4.79 Å². The van der Waals surface area contributed by atoms with Crippen LogP contribution in [0.1, 0.15) is 11.1 Å². The predicted octanol–water partition coefficient (Wildman–Crippen LogP) is 5.09. The molecule has 2 rings (SSSR count). The summed E-state index contributed by atoms with van der Waals surface area (Å²) in [6, 6.07) is 10.6. The van der Waals surface area contributed by atoms with E-state index in [9.17, 15) is 18.0 Å². The molecule has 116 valence electrons. The number of hydrogen-bond acceptors (Lipinski definition) is 2. The highest BCUT2D eigenvalue weighted by Gasteiger charge is 2.33. The molecule has 0 fully saturated rings. The third kappa shape index (κ3) is 4.64. The van der Waals surface area contributed by atoms with Crippen LogP contribution in [-0.4, -0.2) is 11.1 Å². The molecule has 1 N–H and O–H groups in total. The molecule has 0 radical (unpaired) electrons. The van der Waals surface area contributed by atoms with Gasteiger partial charge >= 0.3 is 12.1 Å². The van der Waals surface area contributed by atoms with E-state index >= 15 is 0 Å². The maximum atomic E-state index is 13.1. The molecule has 2 aromatic rings. The minimum absolute atomic E-state index is 0.109. The number of carboxylic acids is 1. The van der Waals surface area contributed by atoms with Crippen molar-refractivity contribution in [1.82, 2.24) is 0 Å². The van der Waals surface area contributed by atoms with Gasteiger partial charge in [-0.05, 0) is 58.5 Å². The van der Waals surface area contributed by atoms with Crippen molar-refractivity contribution >= 4 is 40.3 Å². The lowest BCUT2D eigenvalue weighted by Gasteiger charge is -2.13. The summed E-state index contributed by atoms with van der Waals surface area (Å²) in [5.74, 6) is -0.947. The van der Waals surface area contributed by atoms with Gasteiger partial charge in [0.25, 0.3) is 0 Å². The minimum Gasteiger partial charge on any atom is -0.481 e. The number of benzene rings is 2. The van der Waals surface area contributed by atoms with Crippen molar-refractivity contribution in [2.45, 2.75) is 22.4 Å². The first kappa shape index (κ1) is 17.1. The number of hydrogen-bond donors (Lipinski definition) is 1. The zero-order valence-electron chi connectivity index (χ0n) is 11.0. The number of carbonyl (C=O) groups is 1. The van der Waals surface area contributed by atoms with Crippen molar-refractivity contribution in [2.24, 2.45) is 0 Å². The van der Waals surface area contributed by atoms with E-state index in [2.05, 4.69) is 0 Å². The average molecular weight is 438 g/mol. The molecular formula is C15H10F3IO2S. The van der Waals surface area contributed by atoms with Gasteiger partial charge in [0.1, 0.15) is 0 Å². The van der Waals surface area contributed by atoms with Gasteiger partial charge in [-0.1, -0.05) is 23.9 Å². The number of aliphatic carboxylic acids is 1. The van der Waals surface area contributed by atoms with Gasteiger partial charge in [0.15, 0.2) is 0 Å². The van der Waals surface area contributed by atoms with Gasteiger partial charge in [-0.15, -0.1) is 0 Å². The van der Waals surface area contributed by atoms with Crippen LogP contribution in [-0.2, 0) is 17.4 Å². The lowest BCUT2D eigenvalue weighted by atomic mass is 10.2. The minimum atomic E-state index is -4.41. The maximum absolute atomic E-state index is 13.1. The first-order valence-electron chi connectivity index (χ1n) is 6.11. The molecule has 0 amide bonds. The molecule has 0 unspecified atom stereocenters. The molecule has 0 aromatic heterocycles. The highest BCUT2D eigenvalue weighted by molar-refractivity contribution is 14.1. The molecule has 22 heavy (non-hydrogen) atoms. The average Bonchev–Trinajstić information content (AvgIpc) is 2.41. The first-order valence-corrected chi connectivity index (χ1v) is 8.00. The van der Waals surface area contributed by atoms with E-state index in [0.29, 0.717) is 14.0 Å². The van der Waals surface area contributed by atoms with Crippen LogP contribution < -0.4 is 0 Å². The zero-order chi connectivity index (χ0) is 16.3. The smallest absolute Gasteiger partial charge is 0.417 e. The molecule has 0 saturated heterocycles. The number of alkyl halides is 3. The molecular weight excluding hydrogens is 428 g/mol. The summed E-state index contributed by atoms with van der Waals surface area (Å²) >= 11 is 2.85. The van der Waals surface area contributed by atoms with E-state index < -0.39 is 17.7 Å². The van der Waals surface area contributed by atoms with Crippen LogP contribution in [0.2, 0.25) is 0 Å². The Morgan fingerprint density at radius 2 is 1.77 bits per heavy atom. The lowest BCUT2D eigenvalue weighted by molar-refractivity contribution is -0.140. The molecule has 0 aliphatic heterocycles. The van der Waals surface area contributed by atoms with Crippen molar-refractivity contribution in [3.8, 4) is 0 Å². The Kier molecular flexibility index (Phi) is 5.38. The summed E-state index contributed by atoms with van der Waals surface area (Å²) < 4.78 is 39.7. The topological polar surface area (TPSA) is 37.3 Å². The third-order valence-corrected chi connectivity index (χ3v) is 4.51. The molecule has 2 nitrogen and oxygen atoms in total. The predicted molar refractivity (Wildman–Crippen MR) is 86.1 cm³/mol. The van der Waals surface area contributed by atoms with Crippen LogP contribution in [0.5, 0.6) is 0 Å². The number of carboxylic acid groups (broad SMARTS) is 1. The normalized spacial score (nSPS) is 11.5. The monoisotopic (exact) mass is 438 g/mol. The molecule has 0 aliphatic rings. The molecule has 0 atom stereocenters. The standard InChI is InChI=1S/C15H10F3IO2S/c16-15(17,18)12-8-10(19)3-6-13(12)22-11-4-1-9(2-5-11)7-14(20)21/h1-6,8H,7H2,(H,20,21). The van der Waals surface area contributed by atoms with E-state index in [1.165, 1.54) is 6.07 Å². The van der Waals surface area contributed by atoms with Crippen LogP contribution in [0.4, 0.5) is 13.2 Å². The third-order valence-electron chi connectivity index (χ3n) is 2.75. The summed E-state index contributed by atoms with van der Waals surface area (Å²) in [5.41, 5.74) is -0.0606. The van der Waals surface area contributed by atoms with E-state index in [1.54, 1.807) is 30.3 Å². The molecule has 0 spiro atoms. The highest BCUT2D eigenvalue weighted by Crippen LogP contribution is 2.40. The molecule has 0 bridgehead atoms. The van der Waals surface area contributed by atoms with E-state index in [1.807, 2.05) is 22.6 Å². The van der Waals surface area contributed by atoms with Crippen molar-refractivity contribution in [3.05, 3.63) is 57.2 Å². The van der Waals surface area contributed by atoms with Gasteiger partial charge < -0.3 is 5.11 Å². The summed E-state index contributed by atoms with van der Waals surface area (Å²) in [5, 5.41) is 8.69. The van der Waals surface area contributed by atoms with Crippen LogP contribution in [0.25, 0.3) is 0 Å². The molecule has 0 saturated carbocycles. The van der Waals surface area contributed by atoms with Crippen LogP contribution in [0, 0.1) is 3.57 Å². The summed E-state index contributed by atoms with van der Waals surface area (Å²) in [4.78, 5) is 11.4. The summed E-state index contributed by atoms with van der Waals surface area (Å²) in [6.07, 6.45) is -4.52. The van der Waals surface area contributed by atoms with Gasteiger partial charge in [0.05, 0.1) is 12.0 Å². The molecule has 0 heterocycles. The zero-order valence-corrected chi connectivity index (χ0v) is 14.0. The SMILES string of the molecule is O=C(O)Cc1ccc(Sc2ccc(I)cc2C(F)(F)F)cc1. The number of halogens is 4. The van der Waals surface area contributed by atoms with Gasteiger partial charge in [0, 0.05) is 13.4 Å². The Hall–Kier alpha value is -1.22. The van der Waals surface area contributed by atoms with Crippen molar-refractivity contribution < 1.29 is 23.1 Å². The van der Waals surface area contributed by atoms with Crippen molar-refractivity contribution in [3.63, 3.8) is 0 Å². The molecule has 2 aromatic carbocycles. The van der Waals surface area contributed by atoms with Crippen molar-refractivity contribution in [1.29, 1.82) is 0 Å². The second kappa shape index (κ2) is 6.91. The Balaban J connectivity index is 2.25. The Morgan fingerprint density at radius 3 is 2.32 bits per heavy atom. The Morgan fingerprint density at radius 1 is 1.14 bits per heavy atom. The maximum Gasteiger partial charge on any atom is 0.417 e. The second-order valence-electron chi connectivity index (χ2n) is 4.45. The van der Waals surface area contributed by atoms with E-state index in [0.717, 1.165) is 17.8 Å². The van der Waals surface area contributed by atoms with Crippen molar-refractivity contribution in [2.75, 3.05) is 0 Å². The van der Waals surface area contributed by atoms with E-state index in [4.69, 9.17) is 5.11 Å². The van der Waals surface area contributed by atoms with Crippen LogP contribution >= 0.6 is 34.4 Å². The summed E-state index contributed by atoms with van der Waals surface area (Å²) in [6.45, 7) is 0. The highest BCUT2D eigenvalue weighted by atomic mass is 127. The van der Waals surface area contributed by atoms with Crippen LogP contribution in [0.15, 0.2) is 52.3 Å². The van der Waals surface area contributed by atoms with Crippen LogP contribution in [0.3, 0.4) is 0 Å².